The van der Waals surface area contributed by atoms with E-state index in [2.05, 4.69) is 11.6 Å². The largest absolute Gasteiger partial charge is 0.301 e. The lowest BCUT2D eigenvalue weighted by atomic mass is 10.0. The summed E-state index contributed by atoms with van der Waals surface area (Å²) in [6.45, 7) is 2.93. The van der Waals surface area contributed by atoms with Gasteiger partial charge in [-0.1, -0.05) is 19.1 Å². The second-order valence-corrected chi connectivity index (χ2v) is 8.43. The number of hydrogen-bond acceptors (Lipinski definition) is 4. The van der Waals surface area contributed by atoms with Gasteiger partial charge in [0.2, 0.25) is 10.0 Å². The average molecular weight is 333 g/mol. The Morgan fingerprint density at radius 3 is 2.29 bits per heavy atom. The summed E-state index contributed by atoms with van der Waals surface area (Å²) in [7, 11) is -7.77. The SMILES string of the molecule is CC1CCN(S(=O)(=O)Nc2ccccc2S(N)(=O)=O)CC1. The smallest absolute Gasteiger partial charge is 0.270 e. The number of sulfonamides is 1. The van der Waals surface area contributed by atoms with E-state index in [-0.39, 0.29) is 10.6 Å². The second kappa shape index (κ2) is 5.91. The fourth-order valence-corrected chi connectivity index (χ4v) is 4.26. The van der Waals surface area contributed by atoms with Crippen LogP contribution < -0.4 is 9.86 Å². The molecule has 7 nitrogen and oxygen atoms in total. The van der Waals surface area contributed by atoms with Crippen molar-refractivity contribution in [2.24, 2.45) is 11.1 Å². The van der Waals surface area contributed by atoms with E-state index in [4.69, 9.17) is 5.14 Å². The van der Waals surface area contributed by atoms with Crippen LogP contribution in [0.1, 0.15) is 19.8 Å². The first kappa shape index (κ1) is 16.2. The van der Waals surface area contributed by atoms with Crippen LogP contribution in [0, 0.1) is 5.92 Å². The molecule has 2 rings (SSSR count). The van der Waals surface area contributed by atoms with Gasteiger partial charge < -0.3 is 0 Å². The number of nitrogens with zero attached hydrogens (tertiary/aromatic N) is 1. The highest BCUT2D eigenvalue weighted by molar-refractivity contribution is 7.91. The van der Waals surface area contributed by atoms with E-state index in [9.17, 15) is 16.8 Å². The Morgan fingerprint density at radius 2 is 1.71 bits per heavy atom. The van der Waals surface area contributed by atoms with Crippen LogP contribution in [0.3, 0.4) is 0 Å². The third kappa shape index (κ3) is 3.94. The van der Waals surface area contributed by atoms with Gasteiger partial charge in [-0.05, 0) is 30.9 Å². The molecule has 1 aromatic rings. The minimum atomic E-state index is -3.99. The zero-order valence-corrected chi connectivity index (χ0v) is 13.3. The molecule has 0 unspecified atom stereocenters. The van der Waals surface area contributed by atoms with Crippen molar-refractivity contribution >= 4 is 25.9 Å². The van der Waals surface area contributed by atoms with E-state index in [1.54, 1.807) is 6.07 Å². The summed E-state index contributed by atoms with van der Waals surface area (Å²) in [5.41, 5.74) is -0.0291. The highest BCUT2D eigenvalue weighted by Gasteiger charge is 2.27. The summed E-state index contributed by atoms with van der Waals surface area (Å²) in [5.74, 6) is 0.494. The van der Waals surface area contributed by atoms with Crippen LogP contribution in [-0.2, 0) is 20.2 Å². The van der Waals surface area contributed by atoms with Crippen molar-refractivity contribution in [3.05, 3.63) is 24.3 Å². The van der Waals surface area contributed by atoms with Gasteiger partial charge in [-0.2, -0.15) is 12.7 Å². The standard InChI is InChI=1S/C12H19N3O4S2/c1-10-6-8-15(9-7-10)21(18,19)14-11-4-2-3-5-12(11)20(13,16)17/h2-5,10,14H,6-9H2,1H3,(H2,13,16,17). The highest BCUT2D eigenvalue weighted by Crippen LogP contribution is 2.24. The molecule has 0 radical (unpaired) electrons. The van der Waals surface area contributed by atoms with Gasteiger partial charge in [-0.15, -0.1) is 0 Å². The van der Waals surface area contributed by atoms with Crippen LogP contribution in [0.2, 0.25) is 0 Å². The van der Waals surface area contributed by atoms with Gasteiger partial charge in [-0.3, -0.25) is 4.72 Å². The topological polar surface area (TPSA) is 110 Å². The van der Waals surface area contributed by atoms with Gasteiger partial charge in [0.05, 0.1) is 5.69 Å². The lowest BCUT2D eigenvalue weighted by molar-refractivity contribution is 0.289. The summed E-state index contributed by atoms with van der Waals surface area (Å²) in [5, 5.41) is 5.10. The van der Waals surface area contributed by atoms with Gasteiger partial charge in [0.15, 0.2) is 0 Å². The maximum absolute atomic E-state index is 12.3. The molecule has 0 bridgehead atoms. The van der Waals surface area contributed by atoms with Crippen LogP contribution in [-0.4, -0.2) is 34.2 Å². The van der Waals surface area contributed by atoms with Crippen LogP contribution in [0.4, 0.5) is 5.69 Å². The van der Waals surface area contributed by atoms with Crippen molar-refractivity contribution in [2.75, 3.05) is 17.8 Å². The number of primary sulfonamides is 1. The van der Waals surface area contributed by atoms with Crippen molar-refractivity contribution in [3.63, 3.8) is 0 Å². The molecule has 1 saturated heterocycles. The third-order valence-corrected chi connectivity index (χ3v) is 6.01. The first-order valence-electron chi connectivity index (χ1n) is 6.60. The lowest BCUT2D eigenvalue weighted by Crippen LogP contribution is -2.41. The highest BCUT2D eigenvalue weighted by atomic mass is 32.2. The molecule has 1 aliphatic heterocycles. The summed E-state index contributed by atoms with van der Waals surface area (Å²) in [6.07, 6.45) is 1.58. The Morgan fingerprint density at radius 1 is 1.14 bits per heavy atom. The molecule has 1 aliphatic rings. The molecule has 0 aliphatic carbocycles. The number of benzene rings is 1. The molecule has 1 fully saturated rings. The van der Waals surface area contributed by atoms with E-state index in [0.29, 0.717) is 19.0 Å². The first-order valence-corrected chi connectivity index (χ1v) is 9.58. The van der Waals surface area contributed by atoms with E-state index in [0.717, 1.165) is 12.8 Å². The molecular weight excluding hydrogens is 314 g/mol. The van der Waals surface area contributed by atoms with Crippen molar-refractivity contribution in [3.8, 4) is 0 Å². The Kier molecular flexibility index (Phi) is 4.57. The van der Waals surface area contributed by atoms with Crippen LogP contribution in [0.5, 0.6) is 0 Å². The van der Waals surface area contributed by atoms with Crippen LogP contribution in [0.25, 0.3) is 0 Å². The number of para-hydroxylation sites is 1. The third-order valence-electron chi connectivity index (χ3n) is 3.52. The molecule has 21 heavy (non-hydrogen) atoms. The molecule has 0 atom stereocenters. The van der Waals surface area contributed by atoms with E-state index >= 15 is 0 Å². The molecule has 0 amide bonds. The molecule has 0 saturated carbocycles. The Bertz CT molecular complexity index is 708. The van der Waals surface area contributed by atoms with E-state index in [1.807, 2.05) is 0 Å². The lowest BCUT2D eigenvalue weighted by Gasteiger charge is -2.29. The summed E-state index contributed by atoms with van der Waals surface area (Å²) in [6, 6.07) is 5.68. The molecule has 118 valence electrons. The van der Waals surface area contributed by atoms with E-state index in [1.165, 1.54) is 22.5 Å². The van der Waals surface area contributed by atoms with E-state index < -0.39 is 20.2 Å². The number of hydrogen-bond donors (Lipinski definition) is 2. The van der Waals surface area contributed by atoms with Crippen molar-refractivity contribution in [2.45, 2.75) is 24.7 Å². The molecule has 1 aromatic carbocycles. The number of nitrogens with one attached hydrogen (secondary N) is 1. The predicted molar refractivity (Wildman–Crippen MR) is 80.3 cm³/mol. The van der Waals surface area contributed by atoms with Crippen molar-refractivity contribution in [1.29, 1.82) is 0 Å². The minimum absolute atomic E-state index is 0.0291. The molecular formula is C12H19N3O4S2. The maximum Gasteiger partial charge on any atom is 0.301 e. The minimum Gasteiger partial charge on any atom is -0.270 e. The zero-order chi connectivity index (χ0) is 15.7. The second-order valence-electron chi connectivity index (χ2n) is 5.23. The molecule has 0 spiro atoms. The summed E-state index contributed by atoms with van der Waals surface area (Å²) in [4.78, 5) is -0.237. The monoisotopic (exact) mass is 333 g/mol. The van der Waals surface area contributed by atoms with Gasteiger partial charge in [0.1, 0.15) is 4.90 Å². The zero-order valence-electron chi connectivity index (χ0n) is 11.7. The Labute approximate surface area is 125 Å². The van der Waals surface area contributed by atoms with Crippen molar-refractivity contribution in [1.82, 2.24) is 4.31 Å². The fraction of sp³-hybridized carbons (Fsp3) is 0.500. The van der Waals surface area contributed by atoms with Gasteiger partial charge in [0.25, 0.3) is 0 Å². The molecule has 9 heteroatoms. The normalized spacial score (nSPS) is 18.6. The van der Waals surface area contributed by atoms with Crippen LogP contribution >= 0.6 is 0 Å². The number of rotatable bonds is 4. The Balaban J connectivity index is 2.26. The summed E-state index contributed by atoms with van der Waals surface area (Å²) >= 11 is 0. The summed E-state index contributed by atoms with van der Waals surface area (Å²) < 4.78 is 51.3. The maximum atomic E-state index is 12.3. The number of piperidine rings is 1. The molecule has 3 N–H and O–H groups in total. The number of anilines is 1. The van der Waals surface area contributed by atoms with Gasteiger partial charge >= 0.3 is 10.2 Å². The van der Waals surface area contributed by atoms with Crippen molar-refractivity contribution < 1.29 is 16.8 Å². The first-order chi connectivity index (χ1) is 9.70. The quantitative estimate of drug-likeness (QED) is 0.846. The Hall–Kier alpha value is -1.16. The average Bonchev–Trinajstić information content (AvgIpc) is 2.38. The van der Waals surface area contributed by atoms with Crippen LogP contribution in [0.15, 0.2) is 29.2 Å². The fourth-order valence-electron chi connectivity index (χ4n) is 2.23. The van der Waals surface area contributed by atoms with Gasteiger partial charge in [-0.25, -0.2) is 13.6 Å². The molecule has 1 heterocycles. The molecule has 0 aromatic heterocycles. The number of nitrogens with two attached hydrogens (primary N) is 1. The predicted octanol–water partition coefficient (Wildman–Crippen LogP) is 0.723. The van der Waals surface area contributed by atoms with Gasteiger partial charge in [0, 0.05) is 13.1 Å².